The Morgan fingerprint density at radius 3 is 2.05 bits per heavy atom. The molecule has 5 heteroatoms. The average Bonchev–Trinajstić information content (AvgIpc) is 2.23. The summed E-state index contributed by atoms with van der Waals surface area (Å²) in [5, 5.41) is 9.63. The second-order valence-electron chi connectivity index (χ2n) is 5.28. The van der Waals surface area contributed by atoms with Crippen LogP contribution in [-0.4, -0.2) is 26.2 Å². The smallest absolute Gasteiger partial charge is 0.297 e. The van der Waals surface area contributed by atoms with Crippen molar-refractivity contribution in [3.8, 4) is 0 Å². The lowest BCUT2D eigenvalue weighted by molar-refractivity contribution is 0.0727. The van der Waals surface area contributed by atoms with Crippen molar-refractivity contribution in [2.24, 2.45) is 5.92 Å². The van der Waals surface area contributed by atoms with Crippen LogP contribution < -0.4 is 0 Å². The van der Waals surface area contributed by atoms with Crippen molar-refractivity contribution < 1.29 is 17.7 Å². The fourth-order valence-corrected chi connectivity index (χ4v) is 3.31. The highest BCUT2D eigenvalue weighted by molar-refractivity contribution is 7.86. The van der Waals surface area contributed by atoms with Crippen molar-refractivity contribution in [3.05, 3.63) is 28.8 Å². The van der Waals surface area contributed by atoms with Crippen LogP contribution >= 0.6 is 0 Å². The first kappa shape index (κ1) is 16.1. The van der Waals surface area contributed by atoms with Crippen molar-refractivity contribution in [3.63, 3.8) is 0 Å². The molecule has 0 saturated heterocycles. The van der Waals surface area contributed by atoms with Gasteiger partial charge in [-0.2, -0.15) is 8.42 Å². The Balaban J connectivity index is 3.02. The van der Waals surface area contributed by atoms with Gasteiger partial charge >= 0.3 is 0 Å². The number of aliphatic hydroxyl groups is 1. The van der Waals surface area contributed by atoms with Gasteiger partial charge in [-0.15, -0.1) is 0 Å². The normalized spacial score (nSPS) is 13.8. The van der Waals surface area contributed by atoms with Gasteiger partial charge in [-0.1, -0.05) is 31.5 Å². The zero-order chi connectivity index (χ0) is 14.8. The molecule has 0 fully saturated rings. The summed E-state index contributed by atoms with van der Waals surface area (Å²) in [6, 6.07) is 3.62. The van der Waals surface area contributed by atoms with Gasteiger partial charge < -0.3 is 5.11 Å². The Bertz CT molecular complexity index is 524. The van der Waals surface area contributed by atoms with E-state index >= 15 is 0 Å². The van der Waals surface area contributed by atoms with E-state index in [9.17, 15) is 13.5 Å². The Kier molecular flexibility index (Phi) is 5.12. The molecule has 0 aliphatic heterocycles. The van der Waals surface area contributed by atoms with Gasteiger partial charge in [-0.05, 0) is 37.8 Å². The van der Waals surface area contributed by atoms with Gasteiger partial charge in [-0.25, -0.2) is 0 Å². The summed E-state index contributed by atoms with van der Waals surface area (Å²) in [6.07, 6.45) is -0.791. The average molecular weight is 286 g/mol. The molecule has 19 heavy (non-hydrogen) atoms. The quantitative estimate of drug-likeness (QED) is 0.844. The molecule has 1 rings (SSSR count). The van der Waals surface area contributed by atoms with Gasteiger partial charge in [-0.3, -0.25) is 4.18 Å². The van der Waals surface area contributed by atoms with Gasteiger partial charge in [0.25, 0.3) is 10.1 Å². The zero-order valence-electron chi connectivity index (χ0n) is 12.1. The van der Waals surface area contributed by atoms with Crippen LogP contribution in [0.3, 0.4) is 0 Å². The van der Waals surface area contributed by atoms with Crippen LogP contribution in [0.4, 0.5) is 0 Å². The van der Waals surface area contributed by atoms with Crippen LogP contribution in [0.25, 0.3) is 0 Å². The molecule has 0 saturated carbocycles. The van der Waals surface area contributed by atoms with E-state index < -0.39 is 16.2 Å². The van der Waals surface area contributed by atoms with Gasteiger partial charge in [0, 0.05) is 0 Å². The molecule has 0 bridgehead atoms. The van der Waals surface area contributed by atoms with Crippen molar-refractivity contribution >= 4 is 10.1 Å². The van der Waals surface area contributed by atoms with E-state index in [2.05, 4.69) is 0 Å². The lowest BCUT2D eigenvalue weighted by atomic mass is 10.1. The molecule has 0 radical (unpaired) electrons. The minimum atomic E-state index is -3.83. The third kappa shape index (κ3) is 4.03. The highest BCUT2D eigenvalue weighted by atomic mass is 32.2. The second kappa shape index (κ2) is 6.03. The van der Waals surface area contributed by atoms with Crippen LogP contribution in [0.1, 0.15) is 30.5 Å². The summed E-state index contributed by atoms with van der Waals surface area (Å²) in [5.74, 6) is -0.0459. The molecule has 0 spiro atoms. The lowest BCUT2D eigenvalue weighted by Gasteiger charge is -2.16. The Hall–Kier alpha value is -0.910. The summed E-state index contributed by atoms with van der Waals surface area (Å²) in [6.45, 7) is 8.81. The molecule has 1 aromatic carbocycles. The predicted molar refractivity (Wildman–Crippen MR) is 74.6 cm³/mol. The van der Waals surface area contributed by atoms with E-state index in [1.165, 1.54) is 0 Å². The fourth-order valence-electron chi connectivity index (χ4n) is 1.97. The van der Waals surface area contributed by atoms with Gasteiger partial charge in [0.2, 0.25) is 0 Å². The standard InChI is InChI=1S/C14H22O4S/c1-9(2)13(15)8-18-19(16,17)14-11(4)6-10(3)7-12(14)5/h6-7,9,13,15H,8H2,1-5H3. The van der Waals surface area contributed by atoms with Gasteiger partial charge in [0.05, 0.1) is 17.6 Å². The minimum absolute atomic E-state index is 0.0459. The Labute approximate surface area is 115 Å². The molecular formula is C14H22O4S. The molecule has 4 nitrogen and oxygen atoms in total. The van der Waals surface area contributed by atoms with Crippen LogP contribution in [0.2, 0.25) is 0 Å². The molecule has 1 unspecified atom stereocenters. The van der Waals surface area contributed by atoms with Crippen molar-refractivity contribution in [2.45, 2.75) is 45.6 Å². The number of benzene rings is 1. The zero-order valence-corrected chi connectivity index (χ0v) is 12.9. The number of aliphatic hydroxyl groups excluding tert-OH is 1. The summed E-state index contributed by atoms with van der Waals surface area (Å²) in [7, 11) is -3.83. The van der Waals surface area contributed by atoms with Crippen LogP contribution in [0.5, 0.6) is 0 Å². The summed E-state index contributed by atoms with van der Waals surface area (Å²) in [4.78, 5) is 0.203. The maximum Gasteiger partial charge on any atom is 0.297 e. The summed E-state index contributed by atoms with van der Waals surface area (Å²) in [5.41, 5.74) is 2.34. The van der Waals surface area contributed by atoms with Crippen LogP contribution in [0, 0.1) is 26.7 Å². The van der Waals surface area contributed by atoms with Crippen LogP contribution in [0.15, 0.2) is 17.0 Å². The number of aryl methyl sites for hydroxylation is 3. The Morgan fingerprint density at radius 1 is 1.16 bits per heavy atom. The van der Waals surface area contributed by atoms with E-state index in [-0.39, 0.29) is 17.4 Å². The fraction of sp³-hybridized carbons (Fsp3) is 0.571. The maximum absolute atomic E-state index is 12.2. The minimum Gasteiger partial charge on any atom is -0.390 e. The van der Waals surface area contributed by atoms with E-state index in [4.69, 9.17) is 4.18 Å². The highest BCUT2D eigenvalue weighted by Gasteiger charge is 2.23. The third-order valence-electron chi connectivity index (χ3n) is 3.02. The molecule has 0 aliphatic rings. The first-order valence-corrected chi connectivity index (χ1v) is 7.71. The molecule has 0 aromatic heterocycles. The topological polar surface area (TPSA) is 63.6 Å². The van der Waals surface area contributed by atoms with E-state index in [1.54, 1.807) is 13.8 Å². The van der Waals surface area contributed by atoms with Crippen molar-refractivity contribution in [1.29, 1.82) is 0 Å². The monoisotopic (exact) mass is 286 g/mol. The Morgan fingerprint density at radius 2 is 1.63 bits per heavy atom. The summed E-state index contributed by atoms with van der Waals surface area (Å²) < 4.78 is 29.3. The largest absolute Gasteiger partial charge is 0.390 e. The molecule has 108 valence electrons. The van der Waals surface area contributed by atoms with E-state index in [1.807, 2.05) is 32.9 Å². The van der Waals surface area contributed by atoms with Gasteiger partial charge in [0.1, 0.15) is 0 Å². The molecule has 0 heterocycles. The SMILES string of the molecule is Cc1cc(C)c(S(=O)(=O)OCC(O)C(C)C)c(C)c1. The molecular weight excluding hydrogens is 264 g/mol. The predicted octanol–water partition coefficient (Wildman–Crippen LogP) is 2.33. The first-order valence-electron chi connectivity index (χ1n) is 6.30. The molecule has 1 aromatic rings. The molecule has 1 N–H and O–H groups in total. The molecule has 1 atom stereocenters. The van der Waals surface area contributed by atoms with Gasteiger partial charge in [0.15, 0.2) is 0 Å². The van der Waals surface area contributed by atoms with E-state index in [0.29, 0.717) is 11.1 Å². The number of hydrogen-bond donors (Lipinski definition) is 1. The third-order valence-corrected chi connectivity index (χ3v) is 4.61. The lowest BCUT2D eigenvalue weighted by Crippen LogP contribution is -2.24. The van der Waals surface area contributed by atoms with Crippen LogP contribution in [-0.2, 0) is 14.3 Å². The van der Waals surface area contributed by atoms with Crippen molar-refractivity contribution in [2.75, 3.05) is 6.61 Å². The maximum atomic E-state index is 12.2. The first-order chi connectivity index (χ1) is 8.65. The van der Waals surface area contributed by atoms with Crippen molar-refractivity contribution in [1.82, 2.24) is 0 Å². The van der Waals surface area contributed by atoms with E-state index in [0.717, 1.165) is 5.56 Å². The second-order valence-corrected chi connectivity index (χ2v) is 6.83. The number of rotatable bonds is 5. The molecule has 0 aliphatic carbocycles. The highest BCUT2D eigenvalue weighted by Crippen LogP contribution is 2.23. The number of hydrogen-bond acceptors (Lipinski definition) is 4. The molecule has 0 amide bonds. The summed E-state index contributed by atoms with van der Waals surface area (Å²) >= 11 is 0.